The van der Waals surface area contributed by atoms with Crippen LogP contribution in [0, 0.1) is 17.6 Å². The molecule has 2 aliphatic rings. The summed E-state index contributed by atoms with van der Waals surface area (Å²) in [4.78, 5) is 2.46. The Hall–Kier alpha value is -1.00. The summed E-state index contributed by atoms with van der Waals surface area (Å²) in [6.45, 7) is 3.93. The van der Waals surface area contributed by atoms with Gasteiger partial charge in [-0.1, -0.05) is 25.3 Å². The average molecular weight is 294 g/mol. The fraction of sp³-hybridized carbons (Fsp3) is 0.647. The Morgan fingerprint density at radius 1 is 1.00 bits per heavy atom. The van der Waals surface area contributed by atoms with Gasteiger partial charge in [0.25, 0.3) is 0 Å². The third kappa shape index (κ3) is 3.43. The number of hydrogen-bond donors (Lipinski definition) is 1. The van der Waals surface area contributed by atoms with Crippen LogP contribution < -0.4 is 5.32 Å². The highest BCUT2D eigenvalue weighted by atomic mass is 19.2. The molecule has 1 aromatic carbocycles. The van der Waals surface area contributed by atoms with Crippen molar-refractivity contribution in [3.63, 3.8) is 0 Å². The Morgan fingerprint density at radius 3 is 2.38 bits per heavy atom. The third-order valence-corrected chi connectivity index (χ3v) is 4.93. The van der Waals surface area contributed by atoms with Gasteiger partial charge in [-0.2, -0.15) is 0 Å². The number of hydrogen-bond acceptors (Lipinski definition) is 2. The summed E-state index contributed by atoms with van der Waals surface area (Å²) >= 11 is 0. The van der Waals surface area contributed by atoms with Gasteiger partial charge in [-0.3, -0.25) is 4.90 Å². The molecule has 3 rings (SSSR count). The molecular weight excluding hydrogens is 270 g/mol. The Morgan fingerprint density at radius 2 is 1.71 bits per heavy atom. The normalized spacial score (nSPS) is 23.1. The van der Waals surface area contributed by atoms with Crippen molar-refractivity contribution in [2.45, 2.75) is 38.1 Å². The highest BCUT2D eigenvalue weighted by Gasteiger charge is 2.31. The lowest BCUT2D eigenvalue weighted by Crippen LogP contribution is -2.47. The molecule has 21 heavy (non-hydrogen) atoms. The van der Waals surface area contributed by atoms with Crippen molar-refractivity contribution in [2.75, 3.05) is 26.2 Å². The van der Waals surface area contributed by atoms with Crippen molar-refractivity contribution in [2.24, 2.45) is 5.92 Å². The summed E-state index contributed by atoms with van der Waals surface area (Å²) in [5.41, 5.74) is 0.947. The molecule has 1 heterocycles. The van der Waals surface area contributed by atoms with E-state index in [1.54, 1.807) is 6.07 Å². The van der Waals surface area contributed by atoms with Crippen LogP contribution >= 0.6 is 0 Å². The third-order valence-electron chi connectivity index (χ3n) is 4.93. The van der Waals surface area contributed by atoms with Crippen molar-refractivity contribution in [1.82, 2.24) is 10.2 Å². The summed E-state index contributed by atoms with van der Waals surface area (Å²) in [6.07, 6.45) is 6.23. The molecule has 1 aromatic rings. The van der Waals surface area contributed by atoms with Gasteiger partial charge >= 0.3 is 0 Å². The minimum absolute atomic E-state index is 0.238. The summed E-state index contributed by atoms with van der Waals surface area (Å²) < 4.78 is 26.9. The van der Waals surface area contributed by atoms with Gasteiger partial charge in [0.05, 0.1) is 0 Å². The van der Waals surface area contributed by atoms with Gasteiger partial charge < -0.3 is 5.32 Å². The molecule has 0 radical (unpaired) electrons. The molecule has 0 aromatic heterocycles. The smallest absolute Gasteiger partial charge is 0.159 e. The Bertz CT molecular complexity index is 448. The second-order valence-corrected chi connectivity index (χ2v) is 6.30. The van der Waals surface area contributed by atoms with Crippen molar-refractivity contribution < 1.29 is 8.78 Å². The van der Waals surface area contributed by atoms with Gasteiger partial charge in [0.2, 0.25) is 0 Å². The second-order valence-electron chi connectivity index (χ2n) is 6.30. The summed E-state index contributed by atoms with van der Waals surface area (Å²) in [5, 5.41) is 3.37. The largest absolute Gasteiger partial charge is 0.314 e. The highest BCUT2D eigenvalue weighted by molar-refractivity contribution is 5.22. The predicted molar refractivity (Wildman–Crippen MR) is 80.1 cm³/mol. The van der Waals surface area contributed by atoms with Crippen LogP contribution in [-0.2, 0) is 0 Å². The van der Waals surface area contributed by atoms with Gasteiger partial charge in [0.15, 0.2) is 11.6 Å². The van der Waals surface area contributed by atoms with E-state index in [-0.39, 0.29) is 6.04 Å². The molecule has 0 amide bonds. The Kier molecular flexibility index (Phi) is 4.86. The predicted octanol–water partition coefficient (Wildman–Crippen LogP) is 3.49. The van der Waals surface area contributed by atoms with E-state index in [1.165, 1.54) is 44.2 Å². The maximum atomic E-state index is 13.7. The van der Waals surface area contributed by atoms with Crippen LogP contribution in [0.1, 0.15) is 43.7 Å². The molecule has 0 bridgehead atoms. The standard InChI is InChI=1S/C17H24F2N2/c18-15-7-6-14(12-16(15)19)17(13-4-2-1-3-5-13)21-10-8-20-9-11-21/h6-7,12-13,17,20H,1-5,8-11H2/t17-/m0/s1. The minimum atomic E-state index is -0.749. The SMILES string of the molecule is Fc1ccc([C@H](C2CCCCC2)N2CCNCC2)cc1F. The quantitative estimate of drug-likeness (QED) is 0.918. The van der Waals surface area contributed by atoms with Crippen molar-refractivity contribution in [3.8, 4) is 0 Å². The zero-order valence-corrected chi connectivity index (χ0v) is 12.5. The number of benzene rings is 1. The minimum Gasteiger partial charge on any atom is -0.314 e. The first-order valence-corrected chi connectivity index (χ1v) is 8.15. The van der Waals surface area contributed by atoms with Gasteiger partial charge in [-0.15, -0.1) is 0 Å². The van der Waals surface area contributed by atoms with Crippen LogP contribution in [0.2, 0.25) is 0 Å². The van der Waals surface area contributed by atoms with Crippen molar-refractivity contribution in [3.05, 3.63) is 35.4 Å². The molecule has 2 fully saturated rings. The van der Waals surface area contributed by atoms with E-state index in [1.807, 2.05) is 0 Å². The first-order valence-electron chi connectivity index (χ1n) is 8.15. The van der Waals surface area contributed by atoms with Gasteiger partial charge in [-0.05, 0) is 36.5 Å². The molecule has 1 saturated heterocycles. The molecule has 0 spiro atoms. The number of rotatable bonds is 3. The molecule has 0 unspecified atom stereocenters. The van der Waals surface area contributed by atoms with Crippen LogP contribution in [0.3, 0.4) is 0 Å². The number of nitrogens with zero attached hydrogens (tertiary/aromatic N) is 1. The summed E-state index contributed by atoms with van der Waals surface area (Å²) in [7, 11) is 0. The molecule has 2 nitrogen and oxygen atoms in total. The summed E-state index contributed by atoms with van der Waals surface area (Å²) in [6, 6.07) is 4.71. The average Bonchev–Trinajstić information content (AvgIpc) is 2.53. The molecule has 1 atom stereocenters. The van der Waals surface area contributed by atoms with E-state index in [9.17, 15) is 8.78 Å². The second kappa shape index (κ2) is 6.84. The summed E-state index contributed by atoms with van der Waals surface area (Å²) in [5.74, 6) is -0.897. The van der Waals surface area contributed by atoms with Crippen molar-refractivity contribution in [1.29, 1.82) is 0 Å². The van der Waals surface area contributed by atoms with E-state index < -0.39 is 11.6 Å². The monoisotopic (exact) mass is 294 g/mol. The van der Waals surface area contributed by atoms with Crippen LogP contribution in [-0.4, -0.2) is 31.1 Å². The zero-order chi connectivity index (χ0) is 14.7. The van der Waals surface area contributed by atoms with Crippen LogP contribution in [0.25, 0.3) is 0 Å². The fourth-order valence-corrected chi connectivity index (χ4v) is 3.89. The maximum Gasteiger partial charge on any atom is 0.159 e. The van der Waals surface area contributed by atoms with Crippen LogP contribution in [0.4, 0.5) is 8.78 Å². The van der Waals surface area contributed by atoms with E-state index in [0.29, 0.717) is 5.92 Å². The number of piperazine rings is 1. The van der Waals surface area contributed by atoms with E-state index in [4.69, 9.17) is 0 Å². The molecule has 4 heteroatoms. The van der Waals surface area contributed by atoms with E-state index >= 15 is 0 Å². The Balaban J connectivity index is 1.87. The van der Waals surface area contributed by atoms with Crippen LogP contribution in [0.5, 0.6) is 0 Å². The zero-order valence-electron chi connectivity index (χ0n) is 12.5. The molecule has 1 aliphatic heterocycles. The highest BCUT2D eigenvalue weighted by Crippen LogP contribution is 2.38. The van der Waals surface area contributed by atoms with Crippen molar-refractivity contribution >= 4 is 0 Å². The molecule has 1 aliphatic carbocycles. The topological polar surface area (TPSA) is 15.3 Å². The molecular formula is C17H24F2N2. The molecule has 1 saturated carbocycles. The number of halogens is 2. The lowest BCUT2D eigenvalue weighted by molar-refractivity contribution is 0.103. The van der Waals surface area contributed by atoms with E-state index in [2.05, 4.69) is 10.2 Å². The lowest BCUT2D eigenvalue weighted by atomic mass is 9.80. The molecule has 116 valence electrons. The fourth-order valence-electron chi connectivity index (χ4n) is 3.89. The Labute approximate surface area is 125 Å². The first kappa shape index (κ1) is 14.9. The first-order chi connectivity index (χ1) is 10.3. The maximum absolute atomic E-state index is 13.7. The lowest BCUT2D eigenvalue weighted by Gasteiger charge is -2.41. The van der Waals surface area contributed by atoms with Crippen LogP contribution in [0.15, 0.2) is 18.2 Å². The van der Waals surface area contributed by atoms with E-state index in [0.717, 1.165) is 31.7 Å². The van der Waals surface area contributed by atoms with Gasteiger partial charge in [-0.25, -0.2) is 8.78 Å². The van der Waals surface area contributed by atoms with Gasteiger partial charge in [0, 0.05) is 32.2 Å². The van der Waals surface area contributed by atoms with Gasteiger partial charge in [0.1, 0.15) is 0 Å². The number of nitrogens with one attached hydrogen (secondary N) is 1. The molecule has 1 N–H and O–H groups in total.